The van der Waals surface area contributed by atoms with Crippen molar-refractivity contribution in [2.45, 2.75) is 32.7 Å². The lowest BCUT2D eigenvalue weighted by Crippen LogP contribution is -2.28. The highest BCUT2D eigenvalue weighted by molar-refractivity contribution is 5.78. The molecule has 1 unspecified atom stereocenters. The first-order valence-corrected chi connectivity index (χ1v) is 5.68. The molecule has 0 aliphatic rings. The second-order valence-electron chi connectivity index (χ2n) is 4.18. The van der Waals surface area contributed by atoms with Gasteiger partial charge >= 0.3 is 5.97 Å². The second-order valence-corrected chi connectivity index (χ2v) is 4.18. The van der Waals surface area contributed by atoms with E-state index in [0.717, 1.165) is 0 Å². The van der Waals surface area contributed by atoms with Crippen LogP contribution in [-0.2, 0) is 9.53 Å². The molecule has 1 aromatic heterocycles. The van der Waals surface area contributed by atoms with E-state index in [9.17, 15) is 4.79 Å². The molecule has 0 bridgehead atoms. The molecule has 0 spiro atoms. The minimum Gasteiger partial charge on any atom is -0.467 e. The van der Waals surface area contributed by atoms with Gasteiger partial charge in [-0.3, -0.25) is 0 Å². The van der Waals surface area contributed by atoms with Crippen LogP contribution >= 0.6 is 0 Å². The number of methoxy groups -OCH3 is 1. The van der Waals surface area contributed by atoms with Gasteiger partial charge in [0.1, 0.15) is 23.5 Å². The number of nitrogens with zero attached hydrogens (tertiary/aromatic N) is 2. The summed E-state index contributed by atoms with van der Waals surface area (Å²) in [4.78, 5) is 19.9. The smallest absolute Gasteiger partial charge is 0.328 e. The van der Waals surface area contributed by atoms with Crippen molar-refractivity contribution in [1.29, 1.82) is 0 Å². The Hall–Kier alpha value is -1.89. The maximum atomic E-state index is 11.3. The third-order valence-corrected chi connectivity index (χ3v) is 2.33. The average Bonchev–Trinajstić information content (AvgIpc) is 2.36. The van der Waals surface area contributed by atoms with Gasteiger partial charge in [-0.1, -0.05) is 13.8 Å². The molecule has 1 rings (SSSR count). The Bertz CT molecular complexity index is 422. The number of hydrogen-bond donors (Lipinski definition) is 3. The third-order valence-electron chi connectivity index (χ3n) is 2.33. The van der Waals surface area contributed by atoms with E-state index in [1.165, 1.54) is 7.11 Å². The fourth-order valence-corrected chi connectivity index (χ4v) is 1.33. The summed E-state index contributed by atoms with van der Waals surface area (Å²) in [6.07, 6.45) is 0. The summed E-state index contributed by atoms with van der Waals surface area (Å²) in [5, 5.41) is 2.94. The number of esters is 1. The Morgan fingerprint density at radius 1 is 1.33 bits per heavy atom. The summed E-state index contributed by atoms with van der Waals surface area (Å²) in [5.74, 6) is 6.81. The molecule has 100 valence electrons. The quantitative estimate of drug-likeness (QED) is 0.406. The Morgan fingerprint density at radius 3 is 2.44 bits per heavy atom. The standard InChI is InChI=1S/C11H19N5O2/c1-6(2)10-14-8(5-9(15-10)16-12)13-7(3)11(17)18-4/h5-7H,12H2,1-4H3,(H2,13,14,15,16). The van der Waals surface area contributed by atoms with Crippen molar-refractivity contribution in [2.24, 2.45) is 5.84 Å². The van der Waals surface area contributed by atoms with Crippen LogP contribution in [-0.4, -0.2) is 29.1 Å². The molecule has 1 heterocycles. The van der Waals surface area contributed by atoms with Gasteiger partial charge in [0.15, 0.2) is 0 Å². The van der Waals surface area contributed by atoms with Gasteiger partial charge in [0, 0.05) is 12.0 Å². The molecule has 4 N–H and O–H groups in total. The Balaban J connectivity index is 2.94. The molecule has 0 amide bonds. The predicted molar refractivity (Wildman–Crippen MR) is 69.0 cm³/mol. The van der Waals surface area contributed by atoms with Crippen LogP contribution in [0, 0.1) is 0 Å². The van der Waals surface area contributed by atoms with Gasteiger partial charge in [-0.05, 0) is 6.92 Å². The molecule has 1 atom stereocenters. The summed E-state index contributed by atoms with van der Waals surface area (Å²) in [5.41, 5.74) is 2.47. The average molecular weight is 253 g/mol. The molecular weight excluding hydrogens is 234 g/mol. The SMILES string of the molecule is COC(=O)C(C)Nc1cc(NN)nc(C(C)C)n1. The van der Waals surface area contributed by atoms with E-state index in [1.54, 1.807) is 13.0 Å². The van der Waals surface area contributed by atoms with Crippen LogP contribution in [0.5, 0.6) is 0 Å². The van der Waals surface area contributed by atoms with Gasteiger partial charge in [-0.2, -0.15) is 0 Å². The lowest BCUT2D eigenvalue weighted by molar-refractivity contribution is -0.141. The van der Waals surface area contributed by atoms with E-state index >= 15 is 0 Å². The zero-order valence-electron chi connectivity index (χ0n) is 11.0. The minimum absolute atomic E-state index is 0.160. The molecule has 0 fully saturated rings. The van der Waals surface area contributed by atoms with E-state index < -0.39 is 6.04 Å². The monoisotopic (exact) mass is 253 g/mol. The number of aromatic nitrogens is 2. The number of hydrazine groups is 1. The maximum Gasteiger partial charge on any atom is 0.328 e. The van der Waals surface area contributed by atoms with Crippen molar-refractivity contribution in [3.05, 3.63) is 11.9 Å². The molecular formula is C11H19N5O2. The number of rotatable bonds is 5. The molecule has 0 saturated carbocycles. The zero-order valence-corrected chi connectivity index (χ0v) is 11.0. The van der Waals surface area contributed by atoms with E-state index in [2.05, 4.69) is 25.4 Å². The summed E-state index contributed by atoms with van der Waals surface area (Å²) in [6, 6.07) is 1.14. The van der Waals surface area contributed by atoms with Crippen LogP contribution in [0.25, 0.3) is 0 Å². The highest BCUT2D eigenvalue weighted by Crippen LogP contribution is 2.17. The molecule has 7 nitrogen and oxygen atoms in total. The third kappa shape index (κ3) is 3.56. The van der Waals surface area contributed by atoms with E-state index in [-0.39, 0.29) is 11.9 Å². The lowest BCUT2D eigenvalue weighted by Gasteiger charge is -2.14. The number of ether oxygens (including phenoxy) is 1. The van der Waals surface area contributed by atoms with Crippen LogP contribution in [0.3, 0.4) is 0 Å². The summed E-state index contributed by atoms with van der Waals surface area (Å²) < 4.78 is 4.63. The van der Waals surface area contributed by atoms with E-state index in [4.69, 9.17) is 5.84 Å². The van der Waals surface area contributed by atoms with E-state index in [0.29, 0.717) is 17.5 Å². The molecule has 0 aliphatic heterocycles. The molecule has 0 saturated heterocycles. The van der Waals surface area contributed by atoms with Gasteiger partial charge in [0.05, 0.1) is 7.11 Å². The van der Waals surface area contributed by atoms with Crippen molar-refractivity contribution in [1.82, 2.24) is 9.97 Å². The highest BCUT2D eigenvalue weighted by Gasteiger charge is 2.15. The summed E-state index contributed by atoms with van der Waals surface area (Å²) in [7, 11) is 1.34. The second kappa shape index (κ2) is 6.15. The molecule has 0 aromatic carbocycles. The van der Waals surface area contributed by atoms with Crippen LogP contribution in [0.15, 0.2) is 6.07 Å². The first-order chi connectivity index (χ1) is 8.47. The topological polar surface area (TPSA) is 102 Å². The number of carbonyl (C=O) groups excluding carboxylic acids is 1. The number of hydrogen-bond acceptors (Lipinski definition) is 7. The van der Waals surface area contributed by atoms with Crippen LogP contribution in [0.2, 0.25) is 0 Å². The number of carbonyl (C=O) groups is 1. The zero-order chi connectivity index (χ0) is 13.7. The van der Waals surface area contributed by atoms with Gasteiger partial charge in [-0.25, -0.2) is 20.6 Å². The first kappa shape index (κ1) is 14.2. The number of nitrogens with two attached hydrogens (primary N) is 1. The Kier molecular flexibility index (Phi) is 4.85. The van der Waals surface area contributed by atoms with Gasteiger partial charge in [-0.15, -0.1) is 0 Å². The number of nitrogen functional groups attached to an aromatic ring is 1. The van der Waals surface area contributed by atoms with Crippen molar-refractivity contribution < 1.29 is 9.53 Å². The molecule has 18 heavy (non-hydrogen) atoms. The molecule has 1 aromatic rings. The fraction of sp³-hybridized carbons (Fsp3) is 0.545. The predicted octanol–water partition coefficient (Wildman–Crippen LogP) is 0.859. The van der Waals surface area contributed by atoms with Gasteiger partial charge in [0.25, 0.3) is 0 Å². The largest absolute Gasteiger partial charge is 0.467 e. The number of anilines is 2. The van der Waals surface area contributed by atoms with Crippen LogP contribution in [0.4, 0.5) is 11.6 Å². The highest BCUT2D eigenvalue weighted by atomic mass is 16.5. The lowest BCUT2D eigenvalue weighted by atomic mass is 10.2. The summed E-state index contributed by atoms with van der Waals surface area (Å²) >= 11 is 0. The first-order valence-electron chi connectivity index (χ1n) is 5.68. The van der Waals surface area contributed by atoms with E-state index in [1.807, 2.05) is 13.8 Å². The van der Waals surface area contributed by atoms with Crippen LogP contribution in [0.1, 0.15) is 32.5 Å². The van der Waals surface area contributed by atoms with Gasteiger partial charge < -0.3 is 15.5 Å². The minimum atomic E-state index is -0.490. The molecule has 7 heteroatoms. The number of nitrogens with one attached hydrogen (secondary N) is 2. The van der Waals surface area contributed by atoms with Crippen molar-refractivity contribution in [3.8, 4) is 0 Å². The molecule has 0 radical (unpaired) electrons. The molecule has 0 aliphatic carbocycles. The van der Waals surface area contributed by atoms with Crippen molar-refractivity contribution in [2.75, 3.05) is 17.9 Å². The Morgan fingerprint density at radius 2 is 1.94 bits per heavy atom. The normalized spacial score (nSPS) is 12.1. The maximum absolute atomic E-state index is 11.3. The summed E-state index contributed by atoms with van der Waals surface area (Å²) in [6.45, 7) is 5.64. The Labute approximate surface area is 106 Å². The van der Waals surface area contributed by atoms with Crippen LogP contribution < -0.4 is 16.6 Å². The van der Waals surface area contributed by atoms with Gasteiger partial charge in [0.2, 0.25) is 0 Å². The van der Waals surface area contributed by atoms with Crippen molar-refractivity contribution >= 4 is 17.6 Å². The fourth-order valence-electron chi connectivity index (χ4n) is 1.33. The van der Waals surface area contributed by atoms with Crippen molar-refractivity contribution in [3.63, 3.8) is 0 Å².